The molecule has 114 valence electrons. The topological polar surface area (TPSA) is 69.4 Å². The maximum Gasteiger partial charge on any atom is 0.308 e. The summed E-state index contributed by atoms with van der Waals surface area (Å²) < 4.78 is 4.97. The first-order chi connectivity index (χ1) is 10.5. The Morgan fingerprint density at radius 2 is 1.77 bits per heavy atom. The molecular weight excluding hydrogens is 302 g/mol. The van der Waals surface area contributed by atoms with Crippen molar-refractivity contribution >= 4 is 23.4 Å². The van der Waals surface area contributed by atoms with Gasteiger partial charge in [-0.05, 0) is 36.2 Å². The zero-order chi connectivity index (χ0) is 15.9. The number of benzene rings is 2. The van der Waals surface area contributed by atoms with Gasteiger partial charge in [0.2, 0.25) is 0 Å². The van der Waals surface area contributed by atoms with Crippen LogP contribution in [0.3, 0.4) is 0 Å². The molecule has 0 aliphatic carbocycles. The monoisotopic (exact) mass is 317 g/mol. The lowest BCUT2D eigenvalue weighted by Crippen LogP contribution is -2.00. The third kappa shape index (κ3) is 4.89. The van der Waals surface area contributed by atoms with Gasteiger partial charge < -0.3 is 4.74 Å². The van der Waals surface area contributed by atoms with Gasteiger partial charge in [-0.1, -0.05) is 12.1 Å². The van der Waals surface area contributed by atoms with Gasteiger partial charge in [0.1, 0.15) is 5.75 Å². The van der Waals surface area contributed by atoms with E-state index >= 15 is 0 Å². The van der Waals surface area contributed by atoms with Crippen LogP contribution >= 0.6 is 11.8 Å². The maximum absolute atomic E-state index is 10.8. The van der Waals surface area contributed by atoms with E-state index in [2.05, 4.69) is 0 Å². The van der Waals surface area contributed by atoms with Gasteiger partial charge >= 0.3 is 5.97 Å². The second-order valence-electron chi connectivity index (χ2n) is 4.59. The molecule has 0 N–H and O–H groups in total. The van der Waals surface area contributed by atoms with E-state index < -0.39 is 4.92 Å². The zero-order valence-electron chi connectivity index (χ0n) is 12.0. The van der Waals surface area contributed by atoms with E-state index in [4.69, 9.17) is 4.74 Å². The SMILES string of the molecule is CC(=O)Oc1ccc(SCCc2ccc([N+](=O)[O-])cc2)cc1. The molecule has 0 aliphatic heterocycles. The summed E-state index contributed by atoms with van der Waals surface area (Å²) in [6.45, 7) is 1.37. The Morgan fingerprint density at radius 1 is 1.14 bits per heavy atom. The van der Waals surface area contributed by atoms with Gasteiger partial charge in [-0.3, -0.25) is 14.9 Å². The summed E-state index contributed by atoms with van der Waals surface area (Å²) in [6, 6.07) is 13.9. The van der Waals surface area contributed by atoms with Crippen LogP contribution < -0.4 is 4.74 Å². The Hall–Kier alpha value is -2.34. The van der Waals surface area contributed by atoms with Crippen LogP contribution in [0.2, 0.25) is 0 Å². The zero-order valence-corrected chi connectivity index (χ0v) is 12.8. The fourth-order valence-electron chi connectivity index (χ4n) is 1.84. The van der Waals surface area contributed by atoms with Gasteiger partial charge in [0.25, 0.3) is 5.69 Å². The van der Waals surface area contributed by atoms with Crippen molar-refractivity contribution in [2.45, 2.75) is 18.2 Å². The second-order valence-corrected chi connectivity index (χ2v) is 5.76. The minimum Gasteiger partial charge on any atom is -0.427 e. The Kier molecular flexibility index (Phi) is 5.55. The summed E-state index contributed by atoms with van der Waals surface area (Å²) in [5.74, 6) is 1.07. The van der Waals surface area contributed by atoms with Crippen molar-refractivity contribution in [1.82, 2.24) is 0 Å². The molecule has 0 aliphatic rings. The van der Waals surface area contributed by atoms with E-state index in [9.17, 15) is 14.9 Å². The molecule has 6 heteroatoms. The number of rotatable bonds is 6. The second kappa shape index (κ2) is 7.61. The molecule has 0 saturated carbocycles. The molecular formula is C16H15NO4S. The van der Waals surface area contributed by atoms with Crippen LogP contribution in [0.1, 0.15) is 12.5 Å². The molecule has 0 radical (unpaired) electrons. The predicted molar refractivity (Wildman–Crippen MR) is 85.3 cm³/mol. The number of thioether (sulfide) groups is 1. The number of aryl methyl sites for hydroxylation is 1. The normalized spacial score (nSPS) is 10.2. The van der Waals surface area contributed by atoms with Crippen LogP contribution in [0.5, 0.6) is 5.75 Å². The minimum atomic E-state index is -0.400. The van der Waals surface area contributed by atoms with Crippen LogP contribution in [0, 0.1) is 10.1 Å². The lowest BCUT2D eigenvalue weighted by Gasteiger charge is -2.04. The molecule has 0 saturated heterocycles. The Bertz CT molecular complexity index is 653. The minimum absolute atomic E-state index is 0.109. The summed E-state index contributed by atoms with van der Waals surface area (Å²) in [7, 11) is 0. The average molecular weight is 317 g/mol. The number of nitro benzene ring substituents is 1. The molecule has 2 aromatic carbocycles. The van der Waals surface area contributed by atoms with Crippen LogP contribution in [0.25, 0.3) is 0 Å². The van der Waals surface area contributed by atoms with Crippen LogP contribution in [0.15, 0.2) is 53.4 Å². The average Bonchev–Trinajstić information content (AvgIpc) is 2.49. The van der Waals surface area contributed by atoms with Crippen molar-refractivity contribution < 1.29 is 14.5 Å². The number of non-ortho nitro benzene ring substituents is 1. The fraction of sp³-hybridized carbons (Fsp3) is 0.188. The highest BCUT2D eigenvalue weighted by atomic mass is 32.2. The standard InChI is InChI=1S/C16H15NO4S/c1-12(18)21-15-6-8-16(9-7-15)22-11-10-13-2-4-14(5-3-13)17(19)20/h2-9H,10-11H2,1H3. The molecule has 2 rings (SSSR count). The van der Waals surface area contributed by atoms with Gasteiger partial charge in [-0.2, -0.15) is 0 Å². The molecule has 0 fully saturated rings. The first-order valence-corrected chi connectivity index (χ1v) is 7.68. The predicted octanol–water partition coefficient (Wildman–Crippen LogP) is 3.85. The molecule has 22 heavy (non-hydrogen) atoms. The van der Waals surface area contributed by atoms with Crippen LogP contribution in [0.4, 0.5) is 5.69 Å². The molecule has 0 atom stereocenters. The highest BCUT2D eigenvalue weighted by Gasteiger charge is 2.04. The van der Waals surface area contributed by atoms with E-state index in [0.717, 1.165) is 22.6 Å². The van der Waals surface area contributed by atoms with E-state index in [1.54, 1.807) is 36.0 Å². The maximum atomic E-state index is 10.8. The summed E-state index contributed by atoms with van der Waals surface area (Å²) in [5.41, 5.74) is 1.17. The van der Waals surface area contributed by atoms with Crippen LogP contribution in [-0.4, -0.2) is 16.6 Å². The molecule has 0 spiro atoms. The Morgan fingerprint density at radius 3 is 2.32 bits per heavy atom. The van der Waals surface area contributed by atoms with Crippen molar-refractivity contribution in [3.63, 3.8) is 0 Å². The quantitative estimate of drug-likeness (QED) is 0.266. The third-order valence-electron chi connectivity index (χ3n) is 2.89. The first-order valence-electron chi connectivity index (χ1n) is 6.69. The third-order valence-corrected chi connectivity index (χ3v) is 3.91. The molecule has 0 aromatic heterocycles. The van der Waals surface area contributed by atoms with Crippen molar-refractivity contribution in [2.24, 2.45) is 0 Å². The number of nitrogens with zero attached hydrogens (tertiary/aromatic N) is 1. The molecule has 5 nitrogen and oxygen atoms in total. The largest absolute Gasteiger partial charge is 0.427 e. The lowest BCUT2D eigenvalue weighted by atomic mass is 10.1. The van der Waals surface area contributed by atoms with E-state index in [0.29, 0.717) is 5.75 Å². The number of carbonyl (C=O) groups is 1. The fourth-order valence-corrected chi connectivity index (χ4v) is 2.74. The highest BCUT2D eigenvalue weighted by Crippen LogP contribution is 2.23. The van der Waals surface area contributed by atoms with E-state index in [1.807, 2.05) is 12.1 Å². The molecule has 0 bridgehead atoms. The summed E-state index contributed by atoms with van der Waals surface area (Å²) in [5, 5.41) is 10.6. The number of nitro groups is 1. The number of hydrogen-bond donors (Lipinski definition) is 0. The molecule has 0 unspecified atom stereocenters. The smallest absolute Gasteiger partial charge is 0.308 e. The van der Waals surface area contributed by atoms with Crippen LogP contribution in [-0.2, 0) is 11.2 Å². The van der Waals surface area contributed by atoms with Gasteiger partial charge in [-0.15, -0.1) is 11.8 Å². The molecule has 0 heterocycles. The summed E-state index contributed by atoms with van der Waals surface area (Å²) >= 11 is 1.68. The Labute approximate surface area is 132 Å². The first kappa shape index (κ1) is 16.0. The highest BCUT2D eigenvalue weighted by molar-refractivity contribution is 7.99. The van der Waals surface area contributed by atoms with E-state index in [-0.39, 0.29) is 11.7 Å². The molecule has 0 amide bonds. The lowest BCUT2D eigenvalue weighted by molar-refractivity contribution is -0.384. The number of esters is 1. The van der Waals surface area contributed by atoms with Crippen molar-refractivity contribution in [3.8, 4) is 5.75 Å². The molecule has 2 aromatic rings. The summed E-state index contributed by atoms with van der Waals surface area (Å²) in [4.78, 5) is 22.1. The van der Waals surface area contributed by atoms with E-state index in [1.165, 1.54) is 19.1 Å². The van der Waals surface area contributed by atoms with Gasteiger partial charge in [-0.25, -0.2) is 0 Å². The Balaban J connectivity index is 1.83. The van der Waals surface area contributed by atoms with Crippen molar-refractivity contribution in [3.05, 3.63) is 64.2 Å². The number of hydrogen-bond acceptors (Lipinski definition) is 5. The van der Waals surface area contributed by atoms with Crippen molar-refractivity contribution in [2.75, 3.05) is 5.75 Å². The van der Waals surface area contributed by atoms with Crippen molar-refractivity contribution in [1.29, 1.82) is 0 Å². The summed E-state index contributed by atoms with van der Waals surface area (Å²) in [6.07, 6.45) is 0.828. The van der Waals surface area contributed by atoms with Gasteiger partial charge in [0, 0.05) is 29.7 Å². The number of carbonyl (C=O) groups excluding carboxylic acids is 1. The number of ether oxygens (including phenoxy) is 1. The van der Waals surface area contributed by atoms with Gasteiger partial charge in [0.15, 0.2) is 0 Å². The van der Waals surface area contributed by atoms with Gasteiger partial charge in [0.05, 0.1) is 4.92 Å².